The Morgan fingerprint density at radius 2 is 2.00 bits per heavy atom. The first-order chi connectivity index (χ1) is 11.6. The number of benzene rings is 2. The largest absolute Gasteiger partial charge is 0.411 e. The normalized spacial score (nSPS) is 10.6. The molecule has 0 bridgehead atoms. The smallest absolute Gasteiger partial charge is 0.277 e. The molecule has 0 aliphatic rings. The molecule has 3 rings (SSSR count). The van der Waals surface area contributed by atoms with E-state index >= 15 is 0 Å². The molecular formula is C17H14ClN3O2S. The quantitative estimate of drug-likeness (QED) is 0.682. The number of nitrogens with zero attached hydrogens (tertiary/aromatic N) is 2. The van der Waals surface area contributed by atoms with E-state index in [0.717, 1.165) is 11.1 Å². The molecule has 0 radical (unpaired) electrons. The van der Waals surface area contributed by atoms with Gasteiger partial charge < -0.3 is 9.73 Å². The van der Waals surface area contributed by atoms with Crippen LogP contribution < -0.4 is 5.32 Å². The van der Waals surface area contributed by atoms with Gasteiger partial charge >= 0.3 is 0 Å². The van der Waals surface area contributed by atoms with Gasteiger partial charge in [-0.1, -0.05) is 47.6 Å². The third-order valence-electron chi connectivity index (χ3n) is 3.23. The molecule has 1 N–H and O–H groups in total. The number of amides is 1. The van der Waals surface area contributed by atoms with Crippen LogP contribution in [0.25, 0.3) is 11.5 Å². The summed E-state index contributed by atoms with van der Waals surface area (Å²) in [6, 6.07) is 14.8. The molecule has 0 spiro atoms. The molecule has 0 unspecified atom stereocenters. The van der Waals surface area contributed by atoms with Crippen LogP contribution in [0.3, 0.4) is 0 Å². The summed E-state index contributed by atoms with van der Waals surface area (Å²) in [5.41, 5.74) is 2.49. The zero-order chi connectivity index (χ0) is 16.9. The zero-order valence-electron chi connectivity index (χ0n) is 12.8. The van der Waals surface area contributed by atoms with E-state index in [1.807, 2.05) is 43.3 Å². The number of anilines is 1. The van der Waals surface area contributed by atoms with E-state index in [4.69, 9.17) is 16.0 Å². The van der Waals surface area contributed by atoms with E-state index in [0.29, 0.717) is 21.8 Å². The minimum Gasteiger partial charge on any atom is -0.411 e. The van der Waals surface area contributed by atoms with Crippen molar-refractivity contribution in [2.24, 2.45) is 0 Å². The zero-order valence-corrected chi connectivity index (χ0v) is 14.4. The maximum Gasteiger partial charge on any atom is 0.277 e. The maximum absolute atomic E-state index is 12.1. The van der Waals surface area contributed by atoms with E-state index in [9.17, 15) is 4.79 Å². The van der Waals surface area contributed by atoms with Crippen LogP contribution >= 0.6 is 23.4 Å². The van der Waals surface area contributed by atoms with E-state index in [2.05, 4.69) is 15.5 Å². The number of carbonyl (C=O) groups is 1. The summed E-state index contributed by atoms with van der Waals surface area (Å²) in [5.74, 6) is 0.441. The first kappa shape index (κ1) is 16.5. The number of hydrogen-bond acceptors (Lipinski definition) is 5. The first-order valence-electron chi connectivity index (χ1n) is 7.19. The van der Waals surface area contributed by atoms with Gasteiger partial charge in [-0.25, -0.2) is 0 Å². The molecule has 0 atom stereocenters. The van der Waals surface area contributed by atoms with Crippen molar-refractivity contribution in [2.45, 2.75) is 12.1 Å². The van der Waals surface area contributed by atoms with Crippen LogP contribution in [0.4, 0.5) is 5.69 Å². The maximum atomic E-state index is 12.1. The third kappa shape index (κ3) is 4.15. The molecule has 1 heterocycles. The van der Waals surface area contributed by atoms with Crippen molar-refractivity contribution in [2.75, 3.05) is 11.1 Å². The summed E-state index contributed by atoms with van der Waals surface area (Å²) >= 11 is 7.13. The van der Waals surface area contributed by atoms with Crippen molar-refractivity contribution in [1.29, 1.82) is 0 Å². The molecule has 0 saturated carbocycles. The minimum atomic E-state index is -0.162. The molecule has 5 nitrogen and oxygen atoms in total. The van der Waals surface area contributed by atoms with E-state index in [1.165, 1.54) is 11.8 Å². The Kier molecular flexibility index (Phi) is 5.17. The van der Waals surface area contributed by atoms with Crippen molar-refractivity contribution in [3.8, 4) is 11.5 Å². The molecule has 0 saturated heterocycles. The number of halogens is 1. The Balaban J connectivity index is 1.59. The van der Waals surface area contributed by atoms with E-state index < -0.39 is 0 Å². The highest BCUT2D eigenvalue weighted by molar-refractivity contribution is 7.99. The van der Waals surface area contributed by atoms with E-state index in [1.54, 1.807) is 12.1 Å². The summed E-state index contributed by atoms with van der Waals surface area (Å²) in [5, 5.41) is 11.7. The van der Waals surface area contributed by atoms with Gasteiger partial charge in [0.05, 0.1) is 5.75 Å². The highest BCUT2D eigenvalue weighted by Crippen LogP contribution is 2.24. The molecular weight excluding hydrogens is 346 g/mol. The highest BCUT2D eigenvalue weighted by atomic mass is 35.5. The number of thioether (sulfide) groups is 1. The molecule has 3 aromatic rings. The fourth-order valence-corrected chi connectivity index (χ4v) is 2.74. The van der Waals surface area contributed by atoms with Crippen molar-refractivity contribution in [3.05, 3.63) is 59.1 Å². The second-order valence-corrected chi connectivity index (χ2v) is 6.40. The average molecular weight is 360 g/mol. The lowest BCUT2D eigenvalue weighted by Gasteiger charge is -2.07. The molecule has 2 aromatic carbocycles. The van der Waals surface area contributed by atoms with Gasteiger partial charge in [0.1, 0.15) is 0 Å². The Morgan fingerprint density at radius 1 is 1.21 bits per heavy atom. The lowest BCUT2D eigenvalue weighted by molar-refractivity contribution is -0.113. The van der Waals surface area contributed by atoms with Crippen molar-refractivity contribution in [3.63, 3.8) is 0 Å². The number of carbonyl (C=O) groups excluding carboxylic acids is 1. The predicted molar refractivity (Wildman–Crippen MR) is 95.3 cm³/mol. The number of hydrogen-bond donors (Lipinski definition) is 1. The van der Waals surface area contributed by atoms with E-state index in [-0.39, 0.29) is 11.7 Å². The molecule has 24 heavy (non-hydrogen) atoms. The van der Waals surface area contributed by atoms with Gasteiger partial charge in [0.2, 0.25) is 11.8 Å². The summed E-state index contributed by atoms with van der Waals surface area (Å²) in [6.45, 7) is 1.91. The monoisotopic (exact) mass is 359 g/mol. The molecule has 0 fully saturated rings. The fourth-order valence-electron chi connectivity index (χ4n) is 2.01. The molecule has 7 heteroatoms. The van der Waals surface area contributed by atoms with Crippen LogP contribution in [0.2, 0.25) is 5.02 Å². The number of rotatable bonds is 5. The molecule has 122 valence electrons. The Morgan fingerprint density at radius 3 is 2.79 bits per heavy atom. The van der Waals surface area contributed by atoms with Gasteiger partial charge in [-0.15, -0.1) is 10.2 Å². The number of nitrogens with one attached hydrogen (secondary N) is 1. The Hall–Kier alpha value is -2.31. The van der Waals surface area contributed by atoms with Gasteiger partial charge in [-0.2, -0.15) is 0 Å². The van der Waals surface area contributed by atoms with Crippen molar-refractivity contribution in [1.82, 2.24) is 10.2 Å². The van der Waals surface area contributed by atoms with Crippen LogP contribution in [0.15, 0.2) is 58.2 Å². The molecule has 0 aliphatic heterocycles. The third-order valence-corrected chi connectivity index (χ3v) is 4.28. The highest BCUT2D eigenvalue weighted by Gasteiger charge is 2.12. The average Bonchev–Trinajstić information content (AvgIpc) is 3.06. The summed E-state index contributed by atoms with van der Waals surface area (Å²) in [7, 11) is 0. The Labute approximate surface area is 148 Å². The van der Waals surface area contributed by atoms with Crippen molar-refractivity contribution < 1.29 is 9.21 Å². The van der Waals surface area contributed by atoms with Gasteiger partial charge in [0, 0.05) is 16.3 Å². The van der Waals surface area contributed by atoms with Crippen LogP contribution in [0.5, 0.6) is 0 Å². The van der Waals surface area contributed by atoms with Gasteiger partial charge in [0.25, 0.3) is 5.22 Å². The van der Waals surface area contributed by atoms with Crippen molar-refractivity contribution >= 4 is 35.0 Å². The lowest BCUT2D eigenvalue weighted by atomic mass is 10.2. The summed E-state index contributed by atoms with van der Waals surface area (Å²) in [6.07, 6.45) is 0. The summed E-state index contributed by atoms with van der Waals surface area (Å²) < 4.78 is 5.55. The molecule has 1 amide bonds. The lowest BCUT2D eigenvalue weighted by Crippen LogP contribution is -2.14. The standard InChI is InChI=1S/C17H14ClN3O2S/c1-11-7-8-13(18)9-14(11)19-15(22)10-24-17-21-20-16(23-17)12-5-3-2-4-6-12/h2-9H,10H2,1H3,(H,19,22). The van der Waals surface area contributed by atoms with Gasteiger partial charge in [-0.05, 0) is 36.8 Å². The van der Waals surface area contributed by atoms with Crippen LogP contribution in [0.1, 0.15) is 5.56 Å². The SMILES string of the molecule is Cc1ccc(Cl)cc1NC(=O)CSc1nnc(-c2ccccc2)o1. The summed E-state index contributed by atoms with van der Waals surface area (Å²) in [4.78, 5) is 12.1. The topological polar surface area (TPSA) is 68.0 Å². The number of aromatic nitrogens is 2. The fraction of sp³-hybridized carbons (Fsp3) is 0.118. The van der Waals surface area contributed by atoms with Crippen LogP contribution in [0, 0.1) is 6.92 Å². The second-order valence-electron chi connectivity index (χ2n) is 5.04. The first-order valence-corrected chi connectivity index (χ1v) is 8.56. The minimum absolute atomic E-state index is 0.162. The van der Waals surface area contributed by atoms with Gasteiger partial charge in [0.15, 0.2) is 0 Å². The van der Waals surface area contributed by atoms with Gasteiger partial charge in [-0.3, -0.25) is 4.79 Å². The van der Waals surface area contributed by atoms with Crippen LogP contribution in [-0.4, -0.2) is 21.9 Å². The second kappa shape index (κ2) is 7.51. The predicted octanol–water partition coefficient (Wildman–Crippen LogP) is 4.43. The molecule has 1 aromatic heterocycles. The number of aryl methyl sites for hydroxylation is 1. The molecule has 0 aliphatic carbocycles. The van der Waals surface area contributed by atoms with Crippen LogP contribution in [-0.2, 0) is 4.79 Å². The Bertz CT molecular complexity index is 852.